The highest BCUT2D eigenvalue weighted by Gasteiger charge is 2.42. The molecule has 13 heavy (non-hydrogen) atoms. The van der Waals surface area contributed by atoms with E-state index in [4.69, 9.17) is 0 Å². The van der Waals surface area contributed by atoms with Crippen molar-refractivity contribution in [2.75, 3.05) is 0 Å². The van der Waals surface area contributed by atoms with Crippen LogP contribution in [0.3, 0.4) is 0 Å². The van der Waals surface area contributed by atoms with Crippen LogP contribution in [-0.2, 0) is 0 Å². The van der Waals surface area contributed by atoms with E-state index >= 15 is 0 Å². The van der Waals surface area contributed by atoms with Crippen LogP contribution in [0.1, 0.15) is 53.4 Å². The normalized spacial score (nSPS) is 37.8. The second-order valence-corrected chi connectivity index (χ2v) is 5.22. The topological polar surface area (TPSA) is 0 Å². The molecule has 3 unspecified atom stereocenters. The molecule has 0 aromatic rings. The van der Waals surface area contributed by atoms with Gasteiger partial charge in [-0.3, -0.25) is 0 Å². The van der Waals surface area contributed by atoms with Gasteiger partial charge >= 0.3 is 0 Å². The summed E-state index contributed by atoms with van der Waals surface area (Å²) in [6.07, 6.45) is 4.16. The molecule has 1 saturated carbocycles. The average molecular weight is 186 g/mol. The highest BCUT2D eigenvalue weighted by Crippen LogP contribution is 2.47. The quantitative estimate of drug-likeness (QED) is 0.606. The van der Waals surface area contributed by atoms with Crippen molar-refractivity contribution in [3.8, 4) is 0 Å². The van der Waals surface area contributed by atoms with Crippen molar-refractivity contribution in [2.24, 2.45) is 17.3 Å². The maximum atomic E-state index is 13.6. The summed E-state index contributed by atoms with van der Waals surface area (Å²) in [5.41, 5.74) is -0.0492. The molecule has 0 amide bonds. The van der Waals surface area contributed by atoms with Gasteiger partial charge in [0.15, 0.2) is 0 Å². The van der Waals surface area contributed by atoms with Gasteiger partial charge in [0.05, 0.1) is 0 Å². The minimum absolute atomic E-state index is 0.0492. The number of halogens is 1. The number of hydrogen-bond acceptors (Lipinski definition) is 0. The van der Waals surface area contributed by atoms with Gasteiger partial charge in [-0.25, -0.2) is 4.39 Å². The van der Waals surface area contributed by atoms with Crippen LogP contribution in [0.2, 0.25) is 0 Å². The van der Waals surface area contributed by atoms with E-state index in [2.05, 4.69) is 20.8 Å². The number of alkyl halides is 1. The molecular formula is C12H23F. The SMILES string of the molecule is CC(C)C1CCCCC1(C)C(C)F. The Labute approximate surface area is 81.9 Å². The van der Waals surface area contributed by atoms with E-state index in [1.165, 1.54) is 19.3 Å². The predicted octanol–water partition coefficient (Wildman–Crippen LogP) is 4.20. The highest BCUT2D eigenvalue weighted by atomic mass is 19.1. The third kappa shape index (κ3) is 2.05. The summed E-state index contributed by atoms with van der Waals surface area (Å²) in [4.78, 5) is 0. The van der Waals surface area contributed by atoms with Crippen LogP contribution in [0.15, 0.2) is 0 Å². The van der Waals surface area contributed by atoms with Gasteiger partial charge in [0.2, 0.25) is 0 Å². The third-order valence-electron chi connectivity index (χ3n) is 4.04. The van der Waals surface area contributed by atoms with Gasteiger partial charge in [0.25, 0.3) is 0 Å². The molecule has 1 rings (SSSR count). The molecule has 0 saturated heterocycles. The summed E-state index contributed by atoms with van der Waals surface area (Å²) in [6.45, 7) is 8.34. The Morgan fingerprint density at radius 1 is 1.23 bits per heavy atom. The van der Waals surface area contributed by atoms with E-state index in [-0.39, 0.29) is 5.41 Å². The maximum Gasteiger partial charge on any atom is 0.103 e. The van der Waals surface area contributed by atoms with Gasteiger partial charge in [-0.2, -0.15) is 0 Å². The minimum atomic E-state index is -0.653. The monoisotopic (exact) mass is 186 g/mol. The van der Waals surface area contributed by atoms with Crippen LogP contribution in [-0.4, -0.2) is 6.17 Å². The Bertz CT molecular complexity index is 163. The second-order valence-electron chi connectivity index (χ2n) is 5.22. The van der Waals surface area contributed by atoms with Crippen molar-refractivity contribution in [3.63, 3.8) is 0 Å². The average Bonchev–Trinajstić information content (AvgIpc) is 2.04. The lowest BCUT2D eigenvalue weighted by molar-refractivity contribution is 0.00358. The molecular weight excluding hydrogens is 163 g/mol. The van der Waals surface area contributed by atoms with E-state index in [1.54, 1.807) is 6.92 Å². The van der Waals surface area contributed by atoms with Crippen molar-refractivity contribution < 1.29 is 4.39 Å². The lowest BCUT2D eigenvalue weighted by Gasteiger charge is -2.45. The van der Waals surface area contributed by atoms with Gasteiger partial charge in [0, 0.05) is 5.41 Å². The second kappa shape index (κ2) is 3.98. The molecule has 0 bridgehead atoms. The molecule has 0 N–H and O–H groups in total. The van der Waals surface area contributed by atoms with Crippen LogP contribution >= 0.6 is 0 Å². The molecule has 1 fully saturated rings. The van der Waals surface area contributed by atoms with Crippen LogP contribution in [0.4, 0.5) is 4.39 Å². The molecule has 3 atom stereocenters. The molecule has 1 aliphatic carbocycles. The fourth-order valence-electron chi connectivity index (χ4n) is 2.97. The molecule has 78 valence electrons. The summed E-state index contributed by atoms with van der Waals surface area (Å²) < 4.78 is 13.6. The van der Waals surface area contributed by atoms with Crippen molar-refractivity contribution in [2.45, 2.75) is 59.5 Å². The predicted molar refractivity (Wildman–Crippen MR) is 55.5 cm³/mol. The van der Waals surface area contributed by atoms with E-state index in [9.17, 15) is 4.39 Å². The Morgan fingerprint density at radius 2 is 1.85 bits per heavy atom. The summed E-state index contributed by atoms with van der Waals surface area (Å²) >= 11 is 0. The Kier molecular flexibility index (Phi) is 3.37. The van der Waals surface area contributed by atoms with Crippen molar-refractivity contribution in [3.05, 3.63) is 0 Å². The van der Waals surface area contributed by atoms with Gasteiger partial charge in [-0.1, -0.05) is 33.6 Å². The van der Waals surface area contributed by atoms with Crippen molar-refractivity contribution >= 4 is 0 Å². The van der Waals surface area contributed by atoms with E-state index in [0.717, 1.165) is 6.42 Å². The lowest BCUT2D eigenvalue weighted by atomic mass is 9.61. The molecule has 1 aliphatic rings. The summed E-state index contributed by atoms with van der Waals surface area (Å²) in [6, 6.07) is 0. The minimum Gasteiger partial charge on any atom is -0.247 e. The first-order valence-corrected chi connectivity index (χ1v) is 5.62. The molecule has 0 aliphatic heterocycles. The molecule has 0 aromatic carbocycles. The van der Waals surface area contributed by atoms with Gasteiger partial charge in [0.1, 0.15) is 6.17 Å². The van der Waals surface area contributed by atoms with Crippen LogP contribution < -0.4 is 0 Å². The molecule has 1 heteroatoms. The standard InChI is InChI=1S/C12H23F/c1-9(2)11-7-5-6-8-12(11,4)10(3)13/h9-11H,5-8H2,1-4H3. The zero-order valence-electron chi connectivity index (χ0n) is 9.44. The first-order chi connectivity index (χ1) is 5.98. The van der Waals surface area contributed by atoms with Crippen LogP contribution in [0, 0.1) is 17.3 Å². The van der Waals surface area contributed by atoms with Crippen LogP contribution in [0.5, 0.6) is 0 Å². The smallest absolute Gasteiger partial charge is 0.103 e. The number of rotatable bonds is 2. The zero-order chi connectivity index (χ0) is 10.1. The molecule has 0 aromatic heterocycles. The first-order valence-electron chi connectivity index (χ1n) is 5.62. The maximum absolute atomic E-state index is 13.6. The molecule has 0 heterocycles. The van der Waals surface area contributed by atoms with Gasteiger partial charge in [-0.05, 0) is 31.6 Å². The first kappa shape index (κ1) is 11.0. The largest absolute Gasteiger partial charge is 0.247 e. The Balaban J connectivity index is 2.77. The molecule has 0 spiro atoms. The van der Waals surface area contributed by atoms with E-state index in [1.807, 2.05) is 0 Å². The summed E-state index contributed by atoms with van der Waals surface area (Å²) in [7, 11) is 0. The van der Waals surface area contributed by atoms with E-state index < -0.39 is 6.17 Å². The van der Waals surface area contributed by atoms with Crippen molar-refractivity contribution in [1.82, 2.24) is 0 Å². The lowest BCUT2D eigenvalue weighted by Crippen LogP contribution is -2.40. The Hall–Kier alpha value is -0.0700. The number of hydrogen-bond donors (Lipinski definition) is 0. The van der Waals surface area contributed by atoms with Gasteiger partial charge < -0.3 is 0 Å². The van der Waals surface area contributed by atoms with E-state index in [0.29, 0.717) is 11.8 Å². The molecule has 0 radical (unpaired) electrons. The highest BCUT2D eigenvalue weighted by molar-refractivity contribution is 4.91. The van der Waals surface area contributed by atoms with Crippen molar-refractivity contribution in [1.29, 1.82) is 0 Å². The summed E-state index contributed by atoms with van der Waals surface area (Å²) in [5, 5.41) is 0. The zero-order valence-corrected chi connectivity index (χ0v) is 9.44. The van der Waals surface area contributed by atoms with Gasteiger partial charge in [-0.15, -0.1) is 0 Å². The molecule has 0 nitrogen and oxygen atoms in total. The summed E-state index contributed by atoms with van der Waals surface area (Å²) in [5.74, 6) is 1.21. The fraction of sp³-hybridized carbons (Fsp3) is 1.00. The fourth-order valence-corrected chi connectivity index (χ4v) is 2.97. The van der Waals surface area contributed by atoms with Crippen LogP contribution in [0.25, 0.3) is 0 Å². The Morgan fingerprint density at radius 3 is 2.23 bits per heavy atom. The third-order valence-corrected chi connectivity index (χ3v) is 4.04.